The molecule has 0 spiro atoms. The third kappa shape index (κ3) is 2.32. The number of ether oxygens (including phenoxy) is 1. The maximum atomic E-state index is 11.2. The minimum absolute atomic E-state index is 0.135. The van der Waals surface area contributed by atoms with Crippen LogP contribution in [0.15, 0.2) is 12.1 Å². The van der Waals surface area contributed by atoms with Crippen LogP contribution in [0.4, 0.5) is 0 Å². The van der Waals surface area contributed by atoms with Crippen molar-refractivity contribution in [1.82, 2.24) is 4.98 Å². The van der Waals surface area contributed by atoms with E-state index in [4.69, 9.17) is 27.9 Å². The van der Waals surface area contributed by atoms with Crippen molar-refractivity contribution >= 4 is 29.0 Å². The summed E-state index contributed by atoms with van der Waals surface area (Å²) in [7, 11) is 1.45. The summed E-state index contributed by atoms with van der Waals surface area (Å²) >= 11 is 11.0. The zero-order valence-corrected chi connectivity index (χ0v) is 8.39. The van der Waals surface area contributed by atoms with Gasteiger partial charge < -0.3 is 4.74 Å². The van der Waals surface area contributed by atoms with E-state index in [1.54, 1.807) is 12.1 Å². The first-order valence-corrected chi connectivity index (χ1v) is 4.40. The SMILES string of the molecule is COc1ccc(Cl)nc1C(=O)CCl. The molecule has 0 radical (unpaired) electrons. The lowest BCUT2D eigenvalue weighted by Crippen LogP contribution is -2.06. The average molecular weight is 220 g/mol. The van der Waals surface area contributed by atoms with E-state index in [1.807, 2.05) is 0 Å². The van der Waals surface area contributed by atoms with E-state index in [0.29, 0.717) is 5.75 Å². The van der Waals surface area contributed by atoms with Gasteiger partial charge in [-0.25, -0.2) is 4.98 Å². The summed E-state index contributed by atoms with van der Waals surface area (Å²) in [6, 6.07) is 3.13. The van der Waals surface area contributed by atoms with Gasteiger partial charge in [0.05, 0.1) is 13.0 Å². The molecule has 0 unspecified atom stereocenters. The van der Waals surface area contributed by atoms with Crippen LogP contribution in [0.25, 0.3) is 0 Å². The molecule has 5 heteroatoms. The molecule has 0 aromatic carbocycles. The molecule has 0 fully saturated rings. The number of carbonyl (C=O) groups is 1. The van der Waals surface area contributed by atoms with E-state index in [0.717, 1.165) is 0 Å². The second-order valence-corrected chi connectivity index (χ2v) is 2.90. The molecule has 0 atom stereocenters. The van der Waals surface area contributed by atoms with Crippen LogP contribution in [0.2, 0.25) is 5.15 Å². The zero-order valence-electron chi connectivity index (χ0n) is 6.88. The van der Waals surface area contributed by atoms with Gasteiger partial charge in [0.1, 0.15) is 10.9 Å². The Hall–Kier alpha value is -0.800. The van der Waals surface area contributed by atoms with Gasteiger partial charge in [-0.3, -0.25) is 4.79 Å². The van der Waals surface area contributed by atoms with Crippen LogP contribution in [0.3, 0.4) is 0 Å². The summed E-state index contributed by atoms with van der Waals surface area (Å²) in [5.41, 5.74) is 0.171. The van der Waals surface area contributed by atoms with Gasteiger partial charge in [-0.05, 0) is 12.1 Å². The highest BCUT2D eigenvalue weighted by molar-refractivity contribution is 6.31. The quantitative estimate of drug-likeness (QED) is 0.445. The Kier molecular flexibility index (Phi) is 3.51. The van der Waals surface area contributed by atoms with Gasteiger partial charge in [-0.1, -0.05) is 11.6 Å². The molecule has 0 bridgehead atoms. The first-order valence-electron chi connectivity index (χ1n) is 3.48. The molecular weight excluding hydrogens is 213 g/mol. The number of Topliss-reactive ketones (excluding diaryl/α,β-unsaturated/α-hetero) is 1. The molecule has 0 amide bonds. The van der Waals surface area contributed by atoms with E-state index in [2.05, 4.69) is 4.98 Å². The lowest BCUT2D eigenvalue weighted by atomic mass is 10.2. The Morgan fingerprint density at radius 3 is 2.85 bits per heavy atom. The van der Waals surface area contributed by atoms with Gasteiger partial charge in [0.2, 0.25) is 0 Å². The Bertz CT molecular complexity index is 328. The second-order valence-electron chi connectivity index (χ2n) is 2.24. The van der Waals surface area contributed by atoms with Crippen LogP contribution in [0.1, 0.15) is 10.5 Å². The normalized spacial score (nSPS) is 9.77. The number of aromatic nitrogens is 1. The van der Waals surface area contributed by atoms with Crippen LogP contribution >= 0.6 is 23.2 Å². The highest BCUT2D eigenvalue weighted by Crippen LogP contribution is 2.19. The number of carbonyl (C=O) groups excluding carboxylic acids is 1. The molecule has 1 aromatic rings. The highest BCUT2D eigenvalue weighted by Gasteiger charge is 2.13. The third-order valence-electron chi connectivity index (χ3n) is 1.43. The number of rotatable bonds is 3. The average Bonchev–Trinajstić information content (AvgIpc) is 2.16. The van der Waals surface area contributed by atoms with Gasteiger partial charge in [-0.15, -0.1) is 11.6 Å². The minimum atomic E-state index is -0.305. The van der Waals surface area contributed by atoms with Crippen molar-refractivity contribution in [3.8, 4) is 5.75 Å². The second kappa shape index (κ2) is 4.44. The first kappa shape index (κ1) is 10.3. The van der Waals surface area contributed by atoms with Crippen LogP contribution in [-0.2, 0) is 0 Å². The van der Waals surface area contributed by atoms with Gasteiger partial charge in [0, 0.05) is 0 Å². The van der Waals surface area contributed by atoms with Crippen molar-refractivity contribution < 1.29 is 9.53 Å². The summed E-state index contributed by atoms with van der Waals surface area (Å²) < 4.78 is 4.92. The molecule has 70 valence electrons. The lowest BCUT2D eigenvalue weighted by Gasteiger charge is -2.04. The van der Waals surface area contributed by atoms with Crippen molar-refractivity contribution in [2.75, 3.05) is 13.0 Å². The van der Waals surface area contributed by atoms with E-state index in [1.165, 1.54) is 7.11 Å². The third-order valence-corrected chi connectivity index (χ3v) is 1.88. The molecule has 1 rings (SSSR count). The minimum Gasteiger partial charge on any atom is -0.494 e. The largest absolute Gasteiger partial charge is 0.494 e. The van der Waals surface area contributed by atoms with Gasteiger partial charge >= 0.3 is 0 Å². The maximum Gasteiger partial charge on any atom is 0.199 e. The number of hydrogen-bond acceptors (Lipinski definition) is 3. The smallest absolute Gasteiger partial charge is 0.199 e. The van der Waals surface area contributed by atoms with Crippen molar-refractivity contribution in [1.29, 1.82) is 0 Å². The zero-order chi connectivity index (χ0) is 9.84. The molecule has 0 N–H and O–H groups in total. The van der Waals surface area contributed by atoms with E-state index in [-0.39, 0.29) is 22.5 Å². The van der Waals surface area contributed by atoms with Crippen LogP contribution in [0.5, 0.6) is 5.75 Å². The number of alkyl halides is 1. The standard InChI is InChI=1S/C8H7Cl2NO2/c1-13-6-2-3-7(10)11-8(6)5(12)4-9/h2-3H,4H2,1H3. The molecule has 0 saturated heterocycles. The lowest BCUT2D eigenvalue weighted by molar-refractivity contribution is 0.101. The topological polar surface area (TPSA) is 39.2 Å². The number of methoxy groups -OCH3 is 1. The van der Waals surface area contributed by atoms with Crippen LogP contribution in [0, 0.1) is 0 Å². The van der Waals surface area contributed by atoms with E-state index in [9.17, 15) is 4.79 Å². The Morgan fingerprint density at radius 1 is 1.62 bits per heavy atom. The molecule has 1 heterocycles. The predicted molar refractivity (Wildman–Crippen MR) is 50.8 cm³/mol. The Morgan fingerprint density at radius 2 is 2.31 bits per heavy atom. The Labute approximate surface area is 85.6 Å². The number of halogens is 2. The van der Waals surface area contributed by atoms with Crippen molar-refractivity contribution in [3.63, 3.8) is 0 Å². The number of hydrogen-bond donors (Lipinski definition) is 0. The van der Waals surface area contributed by atoms with Crippen LogP contribution < -0.4 is 4.74 Å². The van der Waals surface area contributed by atoms with Gasteiger partial charge in [0.25, 0.3) is 0 Å². The predicted octanol–water partition coefficient (Wildman–Crippen LogP) is 2.17. The van der Waals surface area contributed by atoms with Crippen molar-refractivity contribution in [2.45, 2.75) is 0 Å². The number of pyridine rings is 1. The summed E-state index contributed by atoms with van der Waals surface area (Å²) in [4.78, 5) is 15.0. The molecule has 0 aliphatic heterocycles. The number of nitrogens with zero attached hydrogens (tertiary/aromatic N) is 1. The maximum absolute atomic E-state index is 11.2. The monoisotopic (exact) mass is 219 g/mol. The molecule has 13 heavy (non-hydrogen) atoms. The summed E-state index contributed by atoms with van der Waals surface area (Å²) in [6.07, 6.45) is 0. The first-order chi connectivity index (χ1) is 6.19. The highest BCUT2D eigenvalue weighted by atomic mass is 35.5. The van der Waals surface area contributed by atoms with Crippen LogP contribution in [-0.4, -0.2) is 23.8 Å². The fraction of sp³-hybridized carbons (Fsp3) is 0.250. The fourth-order valence-corrected chi connectivity index (χ4v) is 1.12. The van der Waals surface area contributed by atoms with Crippen molar-refractivity contribution in [2.24, 2.45) is 0 Å². The Balaban J connectivity index is 3.15. The molecule has 0 aliphatic rings. The summed E-state index contributed by atoms with van der Waals surface area (Å²) in [5.74, 6) is -0.0555. The van der Waals surface area contributed by atoms with Gasteiger partial charge in [-0.2, -0.15) is 0 Å². The molecule has 0 saturated carbocycles. The van der Waals surface area contributed by atoms with Gasteiger partial charge in [0.15, 0.2) is 11.5 Å². The van der Waals surface area contributed by atoms with E-state index < -0.39 is 0 Å². The molecular formula is C8H7Cl2NO2. The summed E-state index contributed by atoms with van der Waals surface area (Å²) in [6.45, 7) is 0. The number of ketones is 1. The molecule has 3 nitrogen and oxygen atoms in total. The molecule has 1 aromatic heterocycles. The van der Waals surface area contributed by atoms with Crippen molar-refractivity contribution in [3.05, 3.63) is 23.0 Å². The van der Waals surface area contributed by atoms with E-state index >= 15 is 0 Å². The summed E-state index contributed by atoms with van der Waals surface area (Å²) in [5, 5.41) is 0.245. The fourth-order valence-electron chi connectivity index (χ4n) is 0.850. The molecule has 0 aliphatic carbocycles.